The fourth-order valence-corrected chi connectivity index (χ4v) is 4.25. The second-order valence-electron chi connectivity index (χ2n) is 7.25. The van der Waals surface area contributed by atoms with Crippen molar-refractivity contribution in [2.45, 2.75) is 38.0 Å². The highest BCUT2D eigenvalue weighted by Gasteiger charge is 2.39. The number of rotatable bonds is 4. The fraction of sp³-hybridized carbons (Fsp3) is 0.304. The molecule has 2 atom stereocenters. The van der Waals surface area contributed by atoms with Crippen LogP contribution < -0.4 is 10.1 Å². The number of amides is 1. The Kier molecular flexibility index (Phi) is 4.99. The lowest BCUT2D eigenvalue weighted by molar-refractivity contribution is -0.122. The summed E-state index contributed by atoms with van der Waals surface area (Å²) in [6, 6.07) is 13.8. The predicted molar refractivity (Wildman–Crippen MR) is 104 cm³/mol. The van der Waals surface area contributed by atoms with Crippen LogP contribution in [0.5, 0.6) is 5.75 Å². The highest BCUT2D eigenvalue weighted by molar-refractivity contribution is 6.02. The molecule has 2 aromatic carbocycles. The largest absolute Gasteiger partial charge is 0.494 e. The second-order valence-corrected chi connectivity index (χ2v) is 7.25. The fourth-order valence-electron chi connectivity index (χ4n) is 4.25. The van der Waals surface area contributed by atoms with E-state index in [1.807, 2.05) is 31.2 Å². The molecule has 5 heteroatoms. The van der Waals surface area contributed by atoms with E-state index in [9.17, 15) is 14.0 Å². The molecule has 0 aromatic heterocycles. The molecule has 0 saturated carbocycles. The first-order valence-electron chi connectivity index (χ1n) is 9.60. The van der Waals surface area contributed by atoms with Gasteiger partial charge in [0.15, 0.2) is 5.78 Å². The molecule has 0 saturated heterocycles. The number of halogens is 1. The second kappa shape index (κ2) is 7.58. The van der Waals surface area contributed by atoms with Crippen LogP contribution in [0.3, 0.4) is 0 Å². The summed E-state index contributed by atoms with van der Waals surface area (Å²) in [6.07, 6.45) is 1.15. The standard InChI is InChI=1S/C23H22FNO3/c1-2-28-21-6-4-3-5-17(21)18-13-22(27)25-19-11-15(12-20(26)23(18)19)14-7-9-16(24)10-8-14/h3-10,15,18H,2,11-13H2,1H3,(H,25,27). The zero-order chi connectivity index (χ0) is 19.7. The highest BCUT2D eigenvalue weighted by Crippen LogP contribution is 2.44. The summed E-state index contributed by atoms with van der Waals surface area (Å²) >= 11 is 0. The Morgan fingerprint density at radius 1 is 1.04 bits per heavy atom. The number of hydrogen-bond acceptors (Lipinski definition) is 3. The van der Waals surface area contributed by atoms with Gasteiger partial charge in [0.25, 0.3) is 0 Å². The lowest BCUT2D eigenvalue weighted by Crippen LogP contribution is -2.38. The molecule has 4 nitrogen and oxygen atoms in total. The number of carbonyl (C=O) groups excluding carboxylic acids is 2. The first-order valence-corrected chi connectivity index (χ1v) is 9.60. The topological polar surface area (TPSA) is 55.4 Å². The number of ether oxygens (including phenoxy) is 1. The van der Waals surface area contributed by atoms with Crippen molar-refractivity contribution in [2.75, 3.05) is 6.61 Å². The number of carbonyl (C=O) groups is 2. The molecule has 1 amide bonds. The van der Waals surface area contributed by atoms with Gasteiger partial charge in [-0.05, 0) is 43.0 Å². The first kappa shape index (κ1) is 18.4. The Morgan fingerprint density at radius 3 is 2.54 bits per heavy atom. The van der Waals surface area contributed by atoms with Crippen molar-refractivity contribution in [3.8, 4) is 5.75 Å². The molecule has 0 fully saturated rings. The van der Waals surface area contributed by atoms with Gasteiger partial charge in [-0.3, -0.25) is 9.59 Å². The molecule has 0 spiro atoms. The number of hydrogen-bond donors (Lipinski definition) is 1. The van der Waals surface area contributed by atoms with E-state index in [4.69, 9.17) is 4.74 Å². The zero-order valence-electron chi connectivity index (χ0n) is 15.7. The SMILES string of the molecule is CCOc1ccccc1C1CC(=O)NC2=C1C(=O)CC(c1ccc(F)cc1)C2. The Balaban J connectivity index is 1.72. The third-order valence-electron chi connectivity index (χ3n) is 5.47. The van der Waals surface area contributed by atoms with Gasteiger partial charge < -0.3 is 10.1 Å². The summed E-state index contributed by atoms with van der Waals surface area (Å²) in [5.74, 6) is -0.00921. The zero-order valence-corrected chi connectivity index (χ0v) is 15.7. The molecule has 4 rings (SSSR count). The van der Waals surface area contributed by atoms with E-state index >= 15 is 0 Å². The van der Waals surface area contributed by atoms with Gasteiger partial charge in [0, 0.05) is 35.6 Å². The maximum Gasteiger partial charge on any atom is 0.225 e. The minimum absolute atomic E-state index is 0.0341. The van der Waals surface area contributed by atoms with Crippen LogP contribution >= 0.6 is 0 Å². The van der Waals surface area contributed by atoms with E-state index < -0.39 is 0 Å². The maximum atomic E-state index is 13.2. The van der Waals surface area contributed by atoms with Crippen LogP contribution in [0.15, 0.2) is 59.8 Å². The van der Waals surface area contributed by atoms with Crippen molar-refractivity contribution in [2.24, 2.45) is 0 Å². The third-order valence-corrected chi connectivity index (χ3v) is 5.47. The molecule has 0 radical (unpaired) electrons. The van der Waals surface area contributed by atoms with Crippen molar-refractivity contribution in [3.05, 3.63) is 76.7 Å². The maximum absolute atomic E-state index is 13.2. The molecular formula is C23H22FNO3. The molecule has 144 valence electrons. The molecular weight excluding hydrogens is 357 g/mol. The number of nitrogens with one attached hydrogen (secondary N) is 1. The summed E-state index contributed by atoms with van der Waals surface area (Å²) in [5, 5.41) is 2.92. The van der Waals surface area contributed by atoms with Gasteiger partial charge in [0.1, 0.15) is 11.6 Å². The number of ketones is 1. The van der Waals surface area contributed by atoms with Crippen LogP contribution in [0.1, 0.15) is 49.1 Å². The van der Waals surface area contributed by atoms with Crippen LogP contribution in [-0.4, -0.2) is 18.3 Å². The van der Waals surface area contributed by atoms with Gasteiger partial charge in [-0.15, -0.1) is 0 Å². The summed E-state index contributed by atoms with van der Waals surface area (Å²) < 4.78 is 19.0. The quantitative estimate of drug-likeness (QED) is 0.865. The van der Waals surface area contributed by atoms with E-state index in [1.165, 1.54) is 12.1 Å². The van der Waals surface area contributed by atoms with Gasteiger partial charge in [0.2, 0.25) is 5.91 Å². The van der Waals surface area contributed by atoms with E-state index in [1.54, 1.807) is 12.1 Å². The average Bonchev–Trinajstić information content (AvgIpc) is 2.68. The van der Waals surface area contributed by atoms with Gasteiger partial charge in [-0.1, -0.05) is 30.3 Å². The molecule has 1 aliphatic carbocycles. The Labute approximate surface area is 163 Å². The van der Waals surface area contributed by atoms with Crippen molar-refractivity contribution in [3.63, 3.8) is 0 Å². The van der Waals surface area contributed by atoms with E-state index in [-0.39, 0.29) is 35.8 Å². The van der Waals surface area contributed by atoms with Crippen LogP contribution in [0.2, 0.25) is 0 Å². The molecule has 2 unspecified atom stereocenters. The van der Waals surface area contributed by atoms with Crippen LogP contribution in [0.25, 0.3) is 0 Å². The number of benzene rings is 2. The first-order chi connectivity index (χ1) is 13.6. The molecule has 0 bridgehead atoms. The smallest absolute Gasteiger partial charge is 0.225 e. The summed E-state index contributed by atoms with van der Waals surface area (Å²) in [6.45, 7) is 2.43. The van der Waals surface area contributed by atoms with Gasteiger partial charge in [-0.2, -0.15) is 0 Å². The Morgan fingerprint density at radius 2 is 1.79 bits per heavy atom. The van der Waals surface area contributed by atoms with Gasteiger partial charge in [-0.25, -0.2) is 4.39 Å². The molecule has 1 aliphatic heterocycles. The van der Waals surface area contributed by atoms with Crippen molar-refractivity contribution < 1.29 is 18.7 Å². The van der Waals surface area contributed by atoms with Crippen molar-refractivity contribution in [1.29, 1.82) is 0 Å². The molecule has 2 aromatic rings. The normalized spacial score (nSPS) is 21.9. The van der Waals surface area contributed by atoms with Crippen LogP contribution in [0.4, 0.5) is 4.39 Å². The van der Waals surface area contributed by atoms with Crippen molar-refractivity contribution in [1.82, 2.24) is 5.32 Å². The Hall–Kier alpha value is -2.95. The summed E-state index contributed by atoms with van der Waals surface area (Å²) in [7, 11) is 0. The third kappa shape index (κ3) is 3.44. The van der Waals surface area contributed by atoms with Crippen LogP contribution in [0, 0.1) is 5.82 Å². The van der Waals surface area contributed by atoms with E-state index in [2.05, 4.69) is 5.32 Å². The minimum atomic E-state index is -0.302. The minimum Gasteiger partial charge on any atom is -0.494 e. The predicted octanol–water partition coefficient (Wildman–Crippen LogP) is 4.23. The van der Waals surface area contributed by atoms with E-state index in [0.717, 1.165) is 11.1 Å². The van der Waals surface area contributed by atoms with Gasteiger partial charge in [0.05, 0.1) is 6.61 Å². The highest BCUT2D eigenvalue weighted by atomic mass is 19.1. The average molecular weight is 379 g/mol. The molecule has 28 heavy (non-hydrogen) atoms. The number of Topliss-reactive ketones (excluding diaryl/α,β-unsaturated/α-hetero) is 1. The number of allylic oxidation sites excluding steroid dienone is 2. The molecule has 1 N–H and O–H groups in total. The lowest BCUT2D eigenvalue weighted by atomic mass is 9.73. The Bertz CT molecular complexity index is 949. The van der Waals surface area contributed by atoms with Crippen molar-refractivity contribution >= 4 is 11.7 Å². The summed E-state index contributed by atoms with van der Waals surface area (Å²) in [5.41, 5.74) is 3.16. The lowest BCUT2D eigenvalue weighted by Gasteiger charge is -2.35. The number of para-hydroxylation sites is 1. The summed E-state index contributed by atoms with van der Waals surface area (Å²) in [4.78, 5) is 25.5. The van der Waals surface area contributed by atoms with E-state index in [0.29, 0.717) is 36.5 Å². The molecule has 2 aliphatic rings. The van der Waals surface area contributed by atoms with Gasteiger partial charge >= 0.3 is 0 Å². The van der Waals surface area contributed by atoms with Crippen LogP contribution in [-0.2, 0) is 9.59 Å². The monoisotopic (exact) mass is 379 g/mol. The molecule has 1 heterocycles.